The van der Waals surface area contributed by atoms with Gasteiger partial charge in [0.2, 0.25) is 0 Å². The zero-order valence-electron chi connectivity index (χ0n) is 12.3. The highest BCUT2D eigenvalue weighted by Crippen LogP contribution is 2.30. The maximum absolute atomic E-state index is 12.5. The molecule has 0 aromatic carbocycles. The van der Waals surface area contributed by atoms with Gasteiger partial charge in [-0.05, 0) is 50.2 Å². The van der Waals surface area contributed by atoms with Gasteiger partial charge in [-0.1, -0.05) is 6.42 Å². The van der Waals surface area contributed by atoms with Crippen molar-refractivity contribution in [3.8, 4) is 0 Å². The van der Waals surface area contributed by atoms with Crippen LogP contribution in [-0.4, -0.2) is 36.4 Å². The van der Waals surface area contributed by atoms with Crippen molar-refractivity contribution in [1.82, 2.24) is 5.32 Å². The lowest BCUT2D eigenvalue weighted by atomic mass is 9.91. The second-order valence-corrected chi connectivity index (χ2v) is 7.26. The molecule has 4 nitrogen and oxygen atoms in total. The first kappa shape index (κ1) is 15.0. The molecule has 1 aliphatic heterocycles. The molecule has 21 heavy (non-hydrogen) atoms. The second-order valence-electron chi connectivity index (χ2n) is 6.12. The Morgan fingerprint density at radius 1 is 1.29 bits per heavy atom. The van der Waals surface area contributed by atoms with Crippen LogP contribution in [0.5, 0.6) is 0 Å². The molecule has 2 aliphatic rings. The Balaban J connectivity index is 1.73. The van der Waals surface area contributed by atoms with Gasteiger partial charge in [-0.2, -0.15) is 0 Å². The number of aliphatic hydroxyl groups excluding tert-OH is 1. The fourth-order valence-corrected chi connectivity index (χ4v) is 4.32. The van der Waals surface area contributed by atoms with Gasteiger partial charge in [0.05, 0.1) is 17.0 Å². The molecule has 5 heteroatoms. The summed E-state index contributed by atoms with van der Waals surface area (Å²) in [5.41, 5.74) is 0.851. The quantitative estimate of drug-likeness (QED) is 0.842. The minimum atomic E-state index is -0.503. The van der Waals surface area contributed by atoms with Gasteiger partial charge in [0.1, 0.15) is 0 Å². The number of carbonyl (C=O) groups is 1. The molecule has 116 valence electrons. The number of rotatable bonds is 3. The normalized spacial score (nSPS) is 21.4. The molecule has 1 aliphatic carbocycles. The number of ether oxygens (including phenoxy) is 1. The summed E-state index contributed by atoms with van der Waals surface area (Å²) >= 11 is 1.63. The van der Waals surface area contributed by atoms with Gasteiger partial charge in [-0.3, -0.25) is 4.79 Å². The number of aliphatic hydroxyl groups is 1. The molecule has 3 rings (SSSR count). The zero-order valence-corrected chi connectivity index (χ0v) is 13.1. The maximum atomic E-state index is 12.5. The van der Waals surface area contributed by atoms with Crippen LogP contribution in [0.3, 0.4) is 0 Å². The van der Waals surface area contributed by atoms with Crippen LogP contribution in [0.1, 0.15) is 52.2 Å². The predicted octanol–water partition coefficient (Wildman–Crippen LogP) is 2.29. The van der Waals surface area contributed by atoms with E-state index in [1.54, 1.807) is 11.3 Å². The van der Waals surface area contributed by atoms with E-state index in [0.29, 0.717) is 26.1 Å². The van der Waals surface area contributed by atoms with Gasteiger partial charge >= 0.3 is 0 Å². The van der Waals surface area contributed by atoms with Crippen LogP contribution in [0, 0.1) is 0 Å². The first-order valence-corrected chi connectivity index (χ1v) is 8.67. The maximum Gasteiger partial charge on any atom is 0.261 e. The molecule has 1 saturated heterocycles. The summed E-state index contributed by atoms with van der Waals surface area (Å²) in [5.74, 6) is -0.0379. The van der Waals surface area contributed by atoms with Crippen LogP contribution in [0.2, 0.25) is 0 Å². The average Bonchev–Trinajstić information content (AvgIpc) is 2.79. The van der Waals surface area contributed by atoms with Crippen molar-refractivity contribution in [2.24, 2.45) is 0 Å². The van der Waals surface area contributed by atoms with Crippen molar-refractivity contribution in [1.29, 1.82) is 0 Å². The molecule has 1 amide bonds. The van der Waals surface area contributed by atoms with E-state index in [1.165, 1.54) is 29.7 Å². The summed E-state index contributed by atoms with van der Waals surface area (Å²) in [7, 11) is 0. The van der Waals surface area contributed by atoms with Gasteiger partial charge in [0, 0.05) is 18.1 Å². The lowest BCUT2D eigenvalue weighted by Gasteiger charge is -2.36. The summed E-state index contributed by atoms with van der Waals surface area (Å²) < 4.78 is 5.33. The van der Waals surface area contributed by atoms with Gasteiger partial charge < -0.3 is 15.2 Å². The van der Waals surface area contributed by atoms with Crippen LogP contribution in [0.4, 0.5) is 0 Å². The molecule has 1 fully saturated rings. The van der Waals surface area contributed by atoms with Crippen LogP contribution >= 0.6 is 11.3 Å². The van der Waals surface area contributed by atoms with Crippen molar-refractivity contribution in [2.75, 3.05) is 19.8 Å². The Hall–Kier alpha value is -0.910. The van der Waals surface area contributed by atoms with E-state index in [1.807, 2.05) is 0 Å². The molecule has 0 radical (unpaired) electrons. The van der Waals surface area contributed by atoms with E-state index in [0.717, 1.165) is 17.7 Å². The van der Waals surface area contributed by atoms with Crippen LogP contribution < -0.4 is 5.32 Å². The zero-order chi connectivity index (χ0) is 14.7. The minimum absolute atomic E-state index is 0.0206. The van der Waals surface area contributed by atoms with Gasteiger partial charge in [0.15, 0.2) is 0 Å². The third-order valence-corrected chi connectivity index (χ3v) is 5.84. The monoisotopic (exact) mass is 309 g/mol. The Morgan fingerprint density at radius 3 is 2.81 bits per heavy atom. The fourth-order valence-electron chi connectivity index (χ4n) is 3.17. The fraction of sp³-hybridized carbons (Fsp3) is 0.688. The molecule has 1 aromatic heterocycles. The summed E-state index contributed by atoms with van der Waals surface area (Å²) in [4.78, 5) is 14.7. The van der Waals surface area contributed by atoms with Gasteiger partial charge in [0.25, 0.3) is 5.91 Å². The largest absolute Gasteiger partial charge is 0.394 e. The third-order valence-electron chi connectivity index (χ3n) is 4.60. The molecular weight excluding hydrogens is 286 g/mol. The summed E-state index contributed by atoms with van der Waals surface area (Å²) in [6.45, 7) is 1.18. The van der Waals surface area contributed by atoms with Gasteiger partial charge in [-0.15, -0.1) is 11.3 Å². The Morgan fingerprint density at radius 2 is 2.05 bits per heavy atom. The lowest BCUT2D eigenvalue weighted by molar-refractivity contribution is 0.0126. The number of hydrogen-bond acceptors (Lipinski definition) is 4. The molecule has 0 atom stereocenters. The summed E-state index contributed by atoms with van der Waals surface area (Å²) in [6, 6.07) is 2.06. The standard InChI is InChI=1S/C16H23NO3S/c18-11-16(6-8-20-9-7-16)17-15(19)14-10-12-4-2-1-3-5-13(12)21-14/h10,18H,1-9,11H2,(H,17,19). The molecule has 0 bridgehead atoms. The predicted molar refractivity (Wildman–Crippen MR) is 82.9 cm³/mol. The molecule has 0 unspecified atom stereocenters. The van der Waals surface area contributed by atoms with Crippen molar-refractivity contribution in [3.63, 3.8) is 0 Å². The Bertz CT molecular complexity index is 482. The third kappa shape index (κ3) is 3.30. The highest BCUT2D eigenvalue weighted by Gasteiger charge is 2.34. The Labute approximate surface area is 129 Å². The molecule has 0 saturated carbocycles. The van der Waals surface area contributed by atoms with E-state index in [2.05, 4.69) is 11.4 Å². The van der Waals surface area contributed by atoms with Gasteiger partial charge in [-0.25, -0.2) is 0 Å². The Kier molecular flexibility index (Phi) is 4.62. The highest BCUT2D eigenvalue weighted by molar-refractivity contribution is 7.14. The molecule has 2 N–H and O–H groups in total. The number of nitrogens with one attached hydrogen (secondary N) is 1. The van der Waals surface area contributed by atoms with Crippen molar-refractivity contribution in [3.05, 3.63) is 21.4 Å². The number of hydrogen-bond donors (Lipinski definition) is 2. The number of amides is 1. The van der Waals surface area contributed by atoms with E-state index in [4.69, 9.17) is 4.74 Å². The van der Waals surface area contributed by atoms with E-state index >= 15 is 0 Å². The summed E-state index contributed by atoms with van der Waals surface area (Å²) in [6.07, 6.45) is 7.30. The second kappa shape index (κ2) is 6.46. The first-order chi connectivity index (χ1) is 10.2. The molecular formula is C16H23NO3S. The molecule has 1 aromatic rings. The number of carbonyl (C=O) groups excluding carboxylic acids is 1. The topological polar surface area (TPSA) is 58.6 Å². The average molecular weight is 309 g/mol. The minimum Gasteiger partial charge on any atom is -0.394 e. The van der Waals surface area contributed by atoms with Crippen molar-refractivity contribution < 1.29 is 14.6 Å². The van der Waals surface area contributed by atoms with Crippen LogP contribution in [0.15, 0.2) is 6.07 Å². The smallest absolute Gasteiger partial charge is 0.261 e. The van der Waals surface area contributed by atoms with Crippen LogP contribution in [0.25, 0.3) is 0 Å². The first-order valence-electron chi connectivity index (χ1n) is 7.85. The van der Waals surface area contributed by atoms with E-state index in [-0.39, 0.29) is 12.5 Å². The van der Waals surface area contributed by atoms with E-state index < -0.39 is 5.54 Å². The SMILES string of the molecule is O=C(NC1(CO)CCOCC1)c1cc2c(s1)CCCCC2. The number of thiophene rings is 1. The summed E-state index contributed by atoms with van der Waals surface area (Å²) in [5, 5.41) is 12.7. The van der Waals surface area contributed by atoms with Crippen LogP contribution in [-0.2, 0) is 17.6 Å². The molecule has 0 spiro atoms. The lowest BCUT2D eigenvalue weighted by Crippen LogP contribution is -2.54. The van der Waals surface area contributed by atoms with Crippen molar-refractivity contribution in [2.45, 2.75) is 50.5 Å². The molecule has 2 heterocycles. The number of fused-ring (bicyclic) bond motifs is 1. The number of aryl methyl sites for hydroxylation is 2. The highest BCUT2D eigenvalue weighted by atomic mass is 32.1. The van der Waals surface area contributed by atoms with E-state index in [9.17, 15) is 9.90 Å². The van der Waals surface area contributed by atoms with Crippen molar-refractivity contribution >= 4 is 17.2 Å².